The molecule has 5 heteroatoms. The van der Waals surface area contributed by atoms with Crippen molar-refractivity contribution >= 4 is 10.9 Å². The van der Waals surface area contributed by atoms with Crippen molar-refractivity contribution < 1.29 is 9.47 Å². The quantitative estimate of drug-likeness (QED) is 0.897. The van der Waals surface area contributed by atoms with Crippen molar-refractivity contribution in [3.8, 4) is 11.5 Å². The van der Waals surface area contributed by atoms with Gasteiger partial charge in [0.2, 0.25) is 0 Å². The molecule has 0 saturated carbocycles. The van der Waals surface area contributed by atoms with Gasteiger partial charge in [0, 0.05) is 12.5 Å². The fourth-order valence-corrected chi connectivity index (χ4v) is 1.79. The largest absolute Gasteiger partial charge is 0.493 e. The molecule has 2 aromatic rings. The molecule has 0 fully saturated rings. The van der Waals surface area contributed by atoms with Gasteiger partial charge in [-0.1, -0.05) is 6.92 Å². The average Bonchev–Trinajstić information content (AvgIpc) is 2.38. The highest BCUT2D eigenvalue weighted by Crippen LogP contribution is 2.30. The Morgan fingerprint density at radius 3 is 2.67 bits per heavy atom. The molecule has 0 bridgehead atoms. The standard InChI is InChI=1S/C13H16N2O3/c1-4-12-14-9-7-10(17-3)11(18-5-2)6-8(9)13(16)15-12/h6-7H,4-5H2,1-3H3,(H,14,15,16). The van der Waals surface area contributed by atoms with Crippen LogP contribution in [0.15, 0.2) is 16.9 Å². The van der Waals surface area contributed by atoms with Gasteiger partial charge in [0.25, 0.3) is 5.56 Å². The molecule has 96 valence electrons. The van der Waals surface area contributed by atoms with Crippen molar-refractivity contribution in [3.05, 3.63) is 28.3 Å². The highest BCUT2D eigenvalue weighted by molar-refractivity contribution is 5.81. The van der Waals surface area contributed by atoms with E-state index >= 15 is 0 Å². The number of rotatable bonds is 4. The lowest BCUT2D eigenvalue weighted by Crippen LogP contribution is -2.11. The predicted molar refractivity (Wildman–Crippen MR) is 69.5 cm³/mol. The second kappa shape index (κ2) is 5.08. The minimum atomic E-state index is -0.152. The molecule has 1 aromatic carbocycles. The number of methoxy groups -OCH3 is 1. The summed E-state index contributed by atoms with van der Waals surface area (Å²) in [4.78, 5) is 19.0. The Hall–Kier alpha value is -2.04. The van der Waals surface area contributed by atoms with Crippen molar-refractivity contribution in [2.75, 3.05) is 13.7 Å². The van der Waals surface area contributed by atoms with E-state index in [1.165, 1.54) is 0 Å². The van der Waals surface area contributed by atoms with Crippen LogP contribution in [0.4, 0.5) is 0 Å². The number of H-pyrrole nitrogens is 1. The Labute approximate surface area is 105 Å². The summed E-state index contributed by atoms with van der Waals surface area (Å²) >= 11 is 0. The molecule has 5 nitrogen and oxygen atoms in total. The van der Waals surface area contributed by atoms with Gasteiger partial charge in [0.15, 0.2) is 11.5 Å². The number of aromatic nitrogens is 2. The summed E-state index contributed by atoms with van der Waals surface area (Å²) in [6, 6.07) is 3.40. The SMILES string of the molecule is CCOc1cc2c(=O)[nH]c(CC)nc2cc1OC. The van der Waals surface area contributed by atoms with E-state index in [-0.39, 0.29) is 5.56 Å². The monoisotopic (exact) mass is 248 g/mol. The minimum absolute atomic E-state index is 0.152. The van der Waals surface area contributed by atoms with Crippen molar-refractivity contribution in [3.63, 3.8) is 0 Å². The van der Waals surface area contributed by atoms with Gasteiger partial charge in [0.1, 0.15) is 5.82 Å². The summed E-state index contributed by atoms with van der Waals surface area (Å²) in [5.41, 5.74) is 0.469. The number of benzene rings is 1. The van der Waals surface area contributed by atoms with Crippen molar-refractivity contribution in [2.24, 2.45) is 0 Å². The summed E-state index contributed by atoms with van der Waals surface area (Å²) in [6.07, 6.45) is 0.681. The lowest BCUT2D eigenvalue weighted by Gasteiger charge is -2.10. The van der Waals surface area contributed by atoms with Crippen LogP contribution in [0.5, 0.6) is 11.5 Å². The van der Waals surface area contributed by atoms with Gasteiger partial charge >= 0.3 is 0 Å². The molecule has 0 aliphatic carbocycles. The third-order valence-electron chi connectivity index (χ3n) is 2.67. The van der Waals surface area contributed by atoms with E-state index in [0.29, 0.717) is 41.3 Å². The van der Waals surface area contributed by atoms with Crippen LogP contribution in [0.3, 0.4) is 0 Å². The molecule has 0 spiro atoms. The fraction of sp³-hybridized carbons (Fsp3) is 0.385. The van der Waals surface area contributed by atoms with Gasteiger partial charge in [-0.3, -0.25) is 4.79 Å². The first-order chi connectivity index (χ1) is 8.69. The van der Waals surface area contributed by atoms with Crippen molar-refractivity contribution in [2.45, 2.75) is 20.3 Å². The number of nitrogens with one attached hydrogen (secondary N) is 1. The molecule has 0 aliphatic rings. The molecule has 0 radical (unpaired) electrons. The van der Waals surface area contributed by atoms with Crippen LogP contribution in [0.2, 0.25) is 0 Å². The summed E-state index contributed by atoms with van der Waals surface area (Å²) in [5, 5.41) is 0.511. The first-order valence-corrected chi connectivity index (χ1v) is 5.93. The van der Waals surface area contributed by atoms with Crippen molar-refractivity contribution in [1.82, 2.24) is 9.97 Å². The zero-order valence-corrected chi connectivity index (χ0v) is 10.7. The zero-order chi connectivity index (χ0) is 13.1. The molecule has 1 N–H and O–H groups in total. The van der Waals surface area contributed by atoms with Crippen molar-refractivity contribution in [1.29, 1.82) is 0 Å². The van der Waals surface area contributed by atoms with E-state index in [2.05, 4.69) is 9.97 Å². The molecular weight excluding hydrogens is 232 g/mol. The second-order valence-corrected chi connectivity index (χ2v) is 3.82. The van der Waals surface area contributed by atoms with Crippen LogP contribution < -0.4 is 15.0 Å². The average molecular weight is 248 g/mol. The maximum Gasteiger partial charge on any atom is 0.258 e. The Morgan fingerprint density at radius 1 is 1.28 bits per heavy atom. The van der Waals surface area contributed by atoms with E-state index in [0.717, 1.165) is 0 Å². The van der Waals surface area contributed by atoms with E-state index in [4.69, 9.17) is 9.47 Å². The van der Waals surface area contributed by atoms with Gasteiger partial charge < -0.3 is 14.5 Å². The number of ether oxygens (including phenoxy) is 2. The van der Waals surface area contributed by atoms with Gasteiger partial charge in [-0.25, -0.2) is 4.98 Å². The highest BCUT2D eigenvalue weighted by Gasteiger charge is 2.10. The number of fused-ring (bicyclic) bond motifs is 1. The fourth-order valence-electron chi connectivity index (χ4n) is 1.79. The number of aromatic amines is 1. The number of hydrogen-bond acceptors (Lipinski definition) is 4. The second-order valence-electron chi connectivity index (χ2n) is 3.82. The first-order valence-electron chi connectivity index (χ1n) is 5.93. The van der Waals surface area contributed by atoms with Gasteiger partial charge in [-0.05, 0) is 13.0 Å². The van der Waals surface area contributed by atoms with E-state index in [1.54, 1.807) is 19.2 Å². The number of aryl methyl sites for hydroxylation is 1. The maximum atomic E-state index is 11.9. The lowest BCUT2D eigenvalue weighted by molar-refractivity contribution is 0.311. The predicted octanol–water partition coefficient (Wildman–Crippen LogP) is 1.89. The third kappa shape index (κ3) is 2.16. The molecule has 0 atom stereocenters. The molecule has 0 amide bonds. The van der Waals surface area contributed by atoms with E-state index in [9.17, 15) is 4.79 Å². The highest BCUT2D eigenvalue weighted by atomic mass is 16.5. The van der Waals surface area contributed by atoms with Gasteiger partial charge in [-0.2, -0.15) is 0 Å². The number of hydrogen-bond donors (Lipinski definition) is 1. The third-order valence-corrected chi connectivity index (χ3v) is 2.67. The van der Waals surface area contributed by atoms with Crippen LogP contribution in [-0.4, -0.2) is 23.7 Å². The summed E-state index contributed by atoms with van der Waals surface area (Å²) < 4.78 is 10.7. The molecular formula is C13H16N2O3. The molecule has 0 saturated heterocycles. The topological polar surface area (TPSA) is 64.2 Å². The minimum Gasteiger partial charge on any atom is -0.493 e. The summed E-state index contributed by atoms with van der Waals surface area (Å²) in [6.45, 7) is 4.34. The van der Waals surface area contributed by atoms with Crippen LogP contribution in [0, 0.1) is 0 Å². The molecule has 1 heterocycles. The Kier molecular flexibility index (Phi) is 3.50. The van der Waals surface area contributed by atoms with Gasteiger partial charge in [-0.15, -0.1) is 0 Å². The summed E-state index contributed by atoms with van der Waals surface area (Å²) in [7, 11) is 1.57. The molecule has 0 unspecified atom stereocenters. The summed E-state index contributed by atoms with van der Waals surface area (Å²) in [5.74, 6) is 1.81. The van der Waals surface area contributed by atoms with E-state index < -0.39 is 0 Å². The Balaban J connectivity index is 2.70. The normalized spacial score (nSPS) is 10.6. The number of nitrogens with zero attached hydrogens (tertiary/aromatic N) is 1. The maximum absolute atomic E-state index is 11.9. The molecule has 2 rings (SSSR count). The smallest absolute Gasteiger partial charge is 0.258 e. The lowest BCUT2D eigenvalue weighted by atomic mass is 10.2. The van der Waals surface area contributed by atoms with Crippen LogP contribution in [0.25, 0.3) is 10.9 Å². The molecule has 18 heavy (non-hydrogen) atoms. The van der Waals surface area contributed by atoms with Crippen LogP contribution >= 0.6 is 0 Å². The van der Waals surface area contributed by atoms with Crippen LogP contribution in [-0.2, 0) is 6.42 Å². The molecule has 1 aromatic heterocycles. The van der Waals surface area contributed by atoms with Crippen LogP contribution in [0.1, 0.15) is 19.7 Å². The zero-order valence-electron chi connectivity index (χ0n) is 10.7. The Bertz CT molecular complexity index is 619. The molecule has 0 aliphatic heterocycles. The van der Waals surface area contributed by atoms with E-state index in [1.807, 2.05) is 13.8 Å². The Morgan fingerprint density at radius 2 is 2.06 bits per heavy atom. The van der Waals surface area contributed by atoms with Gasteiger partial charge in [0.05, 0.1) is 24.6 Å². The first kappa shape index (κ1) is 12.4.